The van der Waals surface area contributed by atoms with E-state index in [1.165, 1.54) is 5.56 Å². The minimum absolute atomic E-state index is 0.267. The van der Waals surface area contributed by atoms with Crippen LogP contribution in [0.25, 0.3) is 0 Å². The van der Waals surface area contributed by atoms with E-state index in [1.807, 2.05) is 31.2 Å². The Labute approximate surface area is 90.6 Å². The Bertz CT molecular complexity index is 256. The fourth-order valence-corrected chi connectivity index (χ4v) is 1.26. The highest BCUT2D eigenvalue weighted by Crippen LogP contribution is 2.21. The van der Waals surface area contributed by atoms with Gasteiger partial charge in [-0.1, -0.05) is 12.1 Å². The van der Waals surface area contributed by atoms with Crippen molar-refractivity contribution in [2.24, 2.45) is 0 Å². The molecule has 1 aromatic carbocycles. The molecule has 1 unspecified atom stereocenters. The van der Waals surface area contributed by atoms with Crippen LogP contribution in [0, 0.1) is 0 Å². The quantitative estimate of drug-likeness (QED) is 0.597. The zero-order valence-corrected chi connectivity index (χ0v) is 9.46. The lowest BCUT2D eigenvalue weighted by atomic mass is 10.1. The molecule has 1 aromatic rings. The van der Waals surface area contributed by atoms with Gasteiger partial charge in [0, 0.05) is 12.4 Å². The maximum atomic E-state index is 5.43. The predicted octanol–water partition coefficient (Wildman–Crippen LogP) is 2.70. The van der Waals surface area contributed by atoms with E-state index in [0.29, 0.717) is 13.2 Å². The topological polar surface area (TPSA) is 18.5 Å². The number of methoxy groups -OCH3 is 1. The molecule has 14 heavy (non-hydrogen) atoms. The van der Waals surface area contributed by atoms with E-state index >= 15 is 0 Å². The molecular weight excluding hydrogens is 196 g/mol. The van der Waals surface area contributed by atoms with Crippen molar-refractivity contribution in [1.29, 1.82) is 0 Å². The Kier molecular flexibility index (Phi) is 4.84. The Morgan fingerprint density at radius 3 is 2.36 bits per heavy atom. The average molecular weight is 212 g/mol. The second-order valence-electron chi connectivity index (χ2n) is 3.09. The molecule has 0 aromatic heterocycles. The van der Waals surface area contributed by atoms with Crippen LogP contribution in [0.1, 0.15) is 17.7 Å². The standard InChI is InChI=1S/C11H16O2S/c1-9(14)10-3-5-11(6-4-10)13-8-7-12-2/h3-6,9,14H,7-8H2,1-2H3. The van der Waals surface area contributed by atoms with Gasteiger partial charge < -0.3 is 9.47 Å². The molecule has 0 bridgehead atoms. The minimum Gasteiger partial charge on any atom is -0.491 e. The Hall–Kier alpha value is -0.670. The average Bonchev–Trinajstić information content (AvgIpc) is 2.19. The Balaban J connectivity index is 2.47. The van der Waals surface area contributed by atoms with Crippen molar-refractivity contribution in [1.82, 2.24) is 0 Å². The summed E-state index contributed by atoms with van der Waals surface area (Å²) in [5.41, 5.74) is 1.20. The summed E-state index contributed by atoms with van der Waals surface area (Å²) in [7, 11) is 1.66. The molecule has 3 heteroatoms. The van der Waals surface area contributed by atoms with Gasteiger partial charge in [-0.05, 0) is 24.6 Å². The summed E-state index contributed by atoms with van der Waals surface area (Å²) in [5.74, 6) is 0.875. The molecule has 0 N–H and O–H groups in total. The van der Waals surface area contributed by atoms with Crippen LogP contribution in [-0.4, -0.2) is 20.3 Å². The van der Waals surface area contributed by atoms with Gasteiger partial charge in [-0.3, -0.25) is 0 Å². The van der Waals surface area contributed by atoms with Crippen LogP contribution in [-0.2, 0) is 4.74 Å². The van der Waals surface area contributed by atoms with Gasteiger partial charge in [0.05, 0.1) is 6.61 Å². The van der Waals surface area contributed by atoms with Crippen molar-refractivity contribution in [2.75, 3.05) is 20.3 Å². The lowest BCUT2D eigenvalue weighted by molar-refractivity contribution is 0.146. The van der Waals surface area contributed by atoms with Crippen LogP contribution < -0.4 is 4.74 Å². The van der Waals surface area contributed by atoms with Crippen molar-refractivity contribution in [3.8, 4) is 5.75 Å². The van der Waals surface area contributed by atoms with E-state index in [4.69, 9.17) is 9.47 Å². The molecule has 78 valence electrons. The highest BCUT2D eigenvalue weighted by molar-refractivity contribution is 7.80. The highest BCUT2D eigenvalue weighted by atomic mass is 32.1. The summed E-state index contributed by atoms with van der Waals surface area (Å²) in [6.45, 7) is 3.25. The van der Waals surface area contributed by atoms with Gasteiger partial charge in [-0.15, -0.1) is 0 Å². The van der Waals surface area contributed by atoms with Crippen LogP contribution >= 0.6 is 12.6 Å². The number of hydrogen-bond acceptors (Lipinski definition) is 3. The van der Waals surface area contributed by atoms with Gasteiger partial charge >= 0.3 is 0 Å². The Morgan fingerprint density at radius 2 is 1.86 bits per heavy atom. The van der Waals surface area contributed by atoms with Crippen LogP contribution in [0.5, 0.6) is 5.75 Å². The first kappa shape index (κ1) is 11.4. The lowest BCUT2D eigenvalue weighted by Crippen LogP contribution is -2.04. The number of hydrogen-bond donors (Lipinski definition) is 1. The van der Waals surface area contributed by atoms with Gasteiger partial charge in [0.25, 0.3) is 0 Å². The normalized spacial score (nSPS) is 12.5. The van der Waals surface area contributed by atoms with Gasteiger partial charge in [0.1, 0.15) is 12.4 Å². The maximum Gasteiger partial charge on any atom is 0.119 e. The number of rotatable bonds is 5. The monoisotopic (exact) mass is 212 g/mol. The number of benzene rings is 1. The minimum atomic E-state index is 0.267. The summed E-state index contributed by atoms with van der Waals surface area (Å²) >= 11 is 4.35. The molecule has 0 fully saturated rings. The van der Waals surface area contributed by atoms with Crippen LogP contribution in [0.15, 0.2) is 24.3 Å². The van der Waals surface area contributed by atoms with E-state index in [9.17, 15) is 0 Å². The van der Waals surface area contributed by atoms with Gasteiger partial charge in [-0.25, -0.2) is 0 Å². The maximum absolute atomic E-state index is 5.43. The van der Waals surface area contributed by atoms with Crippen molar-refractivity contribution < 1.29 is 9.47 Å². The van der Waals surface area contributed by atoms with Gasteiger partial charge in [0.2, 0.25) is 0 Å². The first-order valence-electron chi connectivity index (χ1n) is 4.64. The van der Waals surface area contributed by atoms with E-state index in [0.717, 1.165) is 5.75 Å². The highest BCUT2D eigenvalue weighted by Gasteiger charge is 1.99. The van der Waals surface area contributed by atoms with Crippen molar-refractivity contribution in [3.05, 3.63) is 29.8 Å². The third-order valence-electron chi connectivity index (χ3n) is 1.92. The second kappa shape index (κ2) is 5.94. The molecular formula is C11H16O2S. The summed E-state index contributed by atoms with van der Waals surface area (Å²) < 4.78 is 10.3. The number of ether oxygens (including phenoxy) is 2. The van der Waals surface area contributed by atoms with E-state index in [1.54, 1.807) is 7.11 Å². The second-order valence-corrected chi connectivity index (χ2v) is 3.86. The van der Waals surface area contributed by atoms with Gasteiger partial charge in [0.15, 0.2) is 0 Å². The summed E-state index contributed by atoms with van der Waals surface area (Å²) in [5, 5.41) is 0.267. The van der Waals surface area contributed by atoms with Crippen molar-refractivity contribution in [3.63, 3.8) is 0 Å². The van der Waals surface area contributed by atoms with Crippen LogP contribution in [0.4, 0.5) is 0 Å². The van der Waals surface area contributed by atoms with Crippen molar-refractivity contribution in [2.45, 2.75) is 12.2 Å². The van der Waals surface area contributed by atoms with Crippen molar-refractivity contribution >= 4 is 12.6 Å². The molecule has 0 aliphatic rings. The molecule has 0 saturated heterocycles. The van der Waals surface area contributed by atoms with E-state index in [-0.39, 0.29) is 5.25 Å². The fourth-order valence-electron chi connectivity index (χ4n) is 1.09. The molecule has 0 amide bonds. The van der Waals surface area contributed by atoms with Gasteiger partial charge in [-0.2, -0.15) is 12.6 Å². The fraction of sp³-hybridized carbons (Fsp3) is 0.455. The molecule has 0 spiro atoms. The zero-order valence-electron chi connectivity index (χ0n) is 8.56. The van der Waals surface area contributed by atoms with Crippen LogP contribution in [0.3, 0.4) is 0 Å². The molecule has 0 saturated carbocycles. The predicted molar refractivity (Wildman–Crippen MR) is 61.2 cm³/mol. The SMILES string of the molecule is COCCOc1ccc(C(C)S)cc1. The number of thiol groups is 1. The summed E-state index contributed by atoms with van der Waals surface area (Å²) in [6.07, 6.45) is 0. The Morgan fingerprint density at radius 1 is 1.21 bits per heavy atom. The van der Waals surface area contributed by atoms with E-state index in [2.05, 4.69) is 12.6 Å². The third-order valence-corrected chi connectivity index (χ3v) is 2.22. The molecule has 0 aliphatic heterocycles. The first-order valence-corrected chi connectivity index (χ1v) is 5.15. The van der Waals surface area contributed by atoms with Crippen LogP contribution in [0.2, 0.25) is 0 Å². The lowest BCUT2D eigenvalue weighted by Gasteiger charge is -2.07. The first-order chi connectivity index (χ1) is 6.74. The zero-order chi connectivity index (χ0) is 10.4. The summed E-state index contributed by atoms with van der Waals surface area (Å²) in [4.78, 5) is 0. The molecule has 0 heterocycles. The molecule has 0 aliphatic carbocycles. The molecule has 1 rings (SSSR count). The summed E-state index contributed by atoms with van der Waals surface area (Å²) in [6, 6.07) is 7.97. The molecule has 0 radical (unpaired) electrons. The smallest absolute Gasteiger partial charge is 0.119 e. The largest absolute Gasteiger partial charge is 0.491 e. The molecule has 1 atom stereocenters. The van der Waals surface area contributed by atoms with E-state index < -0.39 is 0 Å². The third kappa shape index (κ3) is 3.60. The molecule has 2 nitrogen and oxygen atoms in total.